The van der Waals surface area contributed by atoms with E-state index in [0.717, 1.165) is 22.6 Å². The second-order valence-corrected chi connectivity index (χ2v) is 6.30. The molecule has 21 heavy (non-hydrogen) atoms. The Balaban J connectivity index is 1.58. The first kappa shape index (κ1) is 12.9. The molecule has 1 aromatic carbocycles. The fourth-order valence-electron chi connectivity index (χ4n) is 3.90. The predicted octanol–water partition coefficient (Wildman–Crippen LogP) is 2.86. The molecule has 2 saturated heterocycles. The lowest BCUT2D eigenvalue weighted by molar-refractivity contribution is 0.188. The smallest absolute Gasteiger partial charge is 0.0951 e. The minimum atomic E-state index is 0.566. The van der Waals surface area contributed by atoms with Crippen molar-refractivity contribution < 1.29 is 0 Å². The molecule has 3 heterocycles. The van der Waals surface area contributed by atoms with Crippen molar-refractivity contribution in [3.8, 4) is 0 Å². The molecule has 4 rings (SSSR count). The molecular formula is C17H22N4. The monoisotopic (exact) mass is 282 g/mol. The summed E-state index contributed by atoms with van der Waals surface area (Å²) in [5.74, 6) is 0. The number of hydrogen-bond donors (Lipinski definition) is 2. The second kappa shape index (κ2) is 5.19. The van der Waals surface area contributed by atoms with E-state index in [0.29, 0.717) is 6.04 Å². The lowest BCUT2D eigenvalue weighted by Crippen LogP contribution is -2.42. The maximum atomic E-state index is 6.03. The first-order valence-electron chi connectivity index (χ1n) is 7.95. The molecule has 3 N–H and O–H groups in total. The Bertz CT molecular complexity index is 654. The highest BCUT2D eigenvalue weighted by Crippen LogP contribution is 2.31. The summed E-state index contributed by atoms with van der Waals surface area (Å²) in [5, 5.41) is 4.87. The lowest BCUT2D eigenvalue weighted by atomic mass is 9.97. The Morgan fingerprint density at radius 3 is 3.10 bits per heavy atom. The van der Waals surface area contributed by atoms with Crippen molar-refractivity contribution in [2.24, 2.45) is 0 Å². The summed E-state index contributed by atoms with van der Waals surface area (Å²) in [7, 11) is 0. The summed E-state index contributed by atoms with van der Waals surface area (Å²) in [6.07, 6.45) is 7.02. The maximum Gasteiger partial charge on any atom is 0.0951 e. The number of nitrogens with one attached hydrogen (secondary N) is 1. The van der Waals surface area contributed by atoms with E-state index in [1.807, 2.05) is 12.1 Å². The molecule has 2 aromatic rings. The number of benzene rings is 1. The molecule has 2 unspecified atom stereocenters. The SMILES string of the molecule is Nc1ccc(NC2CCN3CCCC3C2)c2cccnc12. The van der Waals surface area contributed by atoms with Crippen molar-refractivity contribution in [3.05, 3.63) is 30.5 Å². The quantitative estimate of drug-likeness (QED) is 0.832. The van der Waals surface area contributed by atoms with Gasteiger partial charge in [-0.3, -0.25) is 4.98 Å². The Kier molecular flexibility index (Phi) is 3.19. The average molecular weight is 282 g/mol. The lowest BCUT2D eigenvalue weighted by Gasteiger charge is -2.35. The van der Waals surface area contributed by atoms with Gasteiger partial charge in [-0.1, -0.05) is 0 Å². The van der Waals surface area contributed by atoms with Gasteiger partial charge in [0.2, 0.25) is 0 Å². The van der Waals surface area contributed by atoms with Crippen LogP contribution < -0.4 is 11.1 Å². The highest BCUT2D eigenvalue weighted by atomic mass is 15.2. The summed E-state index contributed by atoms with van der Waals surface area (Å²) < 4.78 is 0. The number of nitrogens with two attached hydrogens (primary N) is 1. The van der Waals surface area contributed by atoms with Crippen LogP contribution in [-0.2, 0) is 0 Å². The largest absolute Gasteiger partial charge is 0.397 e. The third kappa shape index (κ3) is 2.33. The van der Waals surface area contributed by atoms with Gasteiger partial charge < -0.3 is 16.0 Å². The third-order valence-electron chi connectivity index (χ3n) is 4.98. The molecule has 2 atom stereocenters. The Morgan fingerprint density at radius 2 is 2.14 bits per heavy atom. The molecule has 2 aliphatic heterocycles. The van der Waals surface area contributed by atoms with Crippen LogP contribution in [0.5, 0.6) is 0 Å². The fourth-order valence-corrected chi connectivity index (χ4v) is 3.90. The second-order valence-electron chi connectivity index (χ2n) is 6.30. The Labute approximate surface area is 125 Å². The van der Waals surface area contributed by atoms with Crippen LogP contribution in [0, 0.1) is 0 Å². The van der Waals surface area contributed by atoms with Crippen LogP contribution in [0.3, 0.4) is 0 Å². The molecule has 0 radical (unpaired) electrons. The van der Waals surface area contributed by atoms with Crippen LogP contribution in [0.25, 0.3) is 10.9 Å². The zero-order valence-corrected chi connectivity index (χ0v) is 12.3. The van der Waals surface area contributed by atoms with Gasteiger partial charge >= 0.3 is 0 Å². The van der Waals surface area contributed by atoms with Gasteiger partial charge in [0.15, 0.2) is 0 Å². The number of anilines is 2. The summed E-state index contributed by atoms with van der Waals surface area (Å²) in [4.78, 5) is 7.07. The highest BCUT2D eigenvalue weighted by molar-refractivity contribution is 5.98. The molecule has 2 aliphatic rings. The van der Waals surface area contributed by atoms with E-state index in [1.165, 1.54) is 44.5 Å². The summed E-state index contributed by atoms with van der Waals surface area (Å²) in [6, 6.07) is 9.49. The van der Waals surface area contributed by atoms with Crippen LogP contribution >= 0.6 is 0 Å². The molecule has 4 heteroatoms. The van der Waals surface area contributed by atoms with Gasteiger partial charge in [-0.05, 0) is 56.5 Å². The van der Waals surface area contributed by atoms with Gasteiger partial charge in [0.25, 0.3) is 0 Å². The zero-order chi connectivity index (χ0) is 14.2. The van der Waals surface area contributed by atoms with Gasteiger partial charge in [0.1, 0.15) is 0 Å². The minimum Gasteiger partial charge on any atom is -0.397 e. The normalized spacial score (nSPS) is 25.9. The number of rotatable bonds is 2. The first-order chi connectivity index (χ1) is 10.3. The number of piperidine rings is 1. The number of aromatic nitrogens is 1. The molecule has 0 bridgehead atoms. The van der Waals surface area contributed by atoms with Gasteiger partial charge in [-0.2, -0.15) is 0 Å². The summed E-state index contributed by atoms with van der Waals surface area (Å²) >= 11 is 0. The zero-order valence-electron chi connectivity index (χ0n) is 12.3. The molecule has 110 valence electrons. The molecular weight excluding hydrogens is 260 g/mol. The van der Waals surface area contributed by atoms with Gasteiger partial charge in [-0.15, -0.1) is 0 Å². The van der Waals surface area contributed by atoms with Crippen LogP contribution in [-0.4, -0.2) is 35.1 Å². The highest BCUT2D eigenvalue weighted by Gasteiger charge is 2.31. The topological polar surface area (TPSA) is 54.2 Å². The van der Waals surface area contributed by atoms with Gasteiger partial charge in [0.05, 0.1) is 11.2 Å². The summed E-state index contributed by atoms with van der Waals surface area (Å²) in [6.45, 7) is 2.53. The predicted molar refractivity (Wildman–Crippen MR) is 87.4 cm³/mol. The number of nitrogens with zero attached hydrogens (tertiary/aromatic N) is 2. The van der Waals surface area contributed by atoms with E-state index < -0.39 is 0 Å². The van der Waals surface area contributed by atoms with Crippen molar-refractivity contribution in [1.29, 1.82) is 0 Å². The summed E-state index contributed by atoms with van der Waals surface area (Å²) in [5.41, 5.74) is 8.86. The standard InChI is InChI=1S/C17H22N4/c18-15-5-6-16(14-4-1-8-19-17(14)15)20-12-7-10-21-9-2-3-13(21)11-12/h1,4-6,8,12-13,20H,2-3,7,9-11,18H2. The molecule has 2 fully saturated rings. The van der Waals surface area contributed by atoms with Crippen molar-refractivity contribution in [3.63, 3.8) is 0 Å². The van der Waals surface area contributed by atoms with E-state index in [1.54, 1.807) is 6.20 Å². The van der Waals surface area contributed by atoms with Gasteiger partial charge in [0, 0.05) is 35.9 Å². The van der Waals surface area contributed by atoms with Crippen molar-refractivity contribution >= 4 is 22.3 Å². The van der Waals surface area contributed by atoms with E-state index in [4.69, 9.17) is 5.73 Å². The van der Waals surface area contributed by atoms with Crippen LogP contribution in [0.1, 0.15) is 25.7 Å². The number of hydrogen-bond acceptors (Lipinski definition) is 4. The number of fused-ring (bicyclic) bond motifs is 2. The fraction of sp³-hybridized carbons (Fsp3) is 0.471. The molecule has 0 amide bonds. The van der Waals surface area contributed by atoms with Gasteiger partial charge in [-0.25, -0.2) is 0 Å². The van der Waals surface area contributed by atoms with E-state index in [-0.39, 0.29) is 0 Å². The van der Waals surface area contributed by atoms with Crippen molar-refractivity contribution in [2.45, 2.75) is 37.8 Å². The van der Waals surface area contributed by atoms with Crippen LogP contribution in [0.15, 0.2) is 30.5 Å². The third-order valence-corrected chi connectivity index (χ3v) is 4.98. The molecule has 0 saturated carbocycles. The van der Waals surface area contributed by atoms with Crippen molar-refractivity contribution in [1.82, 2.24) is 9.88 Å². The van der Waals surface area contributed by atoms with E-state index in [9.17, 15) is 0 Å². The molecule has 1 aromatic heterocycles. The number of nitrogen functional groups attached to an aromatic ring is 1. The van der Waals surface area contributed by atoms with E-state index >= 15 is 0 Å². The Hall–Kier alpha value is -1.81. The Morgan fingerprint density at radius 1 is 1.19 bits per heavy atom. The molecule has 0 aliphatic carbocycles. The van der Waals surface area contributed by atoms with Crippen molar-refractivity contribution in [2.75, 3.05) is 24.1 Å². The maximum absolute atomic E-state index is 6.03. The minimum absolute atomic E-state index is 0.566. The first-order valence-corrected chi connectivity index (χ1v) is 7.95. The average Bonchev–Trinajstić information content (AvgIpc) is 2.98. The molecule has 0 spiro atoms. The van der Waals surface area contributed by atoms with Crippen LogP contribution in [0.2, 0.25) is 0 Å². The molecule has 4 nitrogen and oxygen atoms in total. The van der Waals surface area contributed by atoms with E-state index in [2.05, 4.69) is 27.3 Å². The number of pyridine rings is 1. The van der Waals surface area contributed by atoms with Crippen LogP contribution in [0.4, 0.5) is 11.4 Å².